The minimum atomic E-state index is -3.40. The van der Waals surface area contributed by atoms with Crippen LogP contribution in [0.4, 0.5) is 8.78 Å². The summed E-state index contributed by atoms with van der Waals surface area (Å²) in [6, 6.07) is 0. The van der Waals surface area contributed by atoms with E-state index in [1.807, 2.05) is 6.92 Å². The number of alkyl halides is 2. The summed E-state index contributed by atoms with van der Waals surface area (Å²) in [5.74, 6) is -3.96. The van der Waals surface area contributed by atoms with Gasteiger partial charge in [0.05, 0.1) is 0 Å². The first kappa shape index (κ1) is 15.8. The molecule has 0 radical (unpaired) electrons. The predicted molar refractivity (Wildman–Crippen MR) is 60.6 cm³/mol. The first-order valence-electron chi connectivity index (χ1n) is 6.08. The van der Waals surface area contributed by atoms with Gasteiger partial charge in [0.15, 0.2) is 0 Å². The Bertz CT molecular complexity index is 184. The molecule has 0 saturated carbocycles. The molecule has 2 atom stereocenters. The molecule has 0 heterocycles. The van der Waals surface area contributed by atoms with Gasteiger partial charge >= 0.3 is 0 Å². The van der Waals surface area contributed by atoms with E-state index in [-0.39, 0.29) is 6.42 Å². The summed E-state index contributed by atoms with van der Waals surface area (Å²) in [4.78, 5) is 0. The third-order valence-electron chi connectivity index (χ3n) is 2.80. The van der Waals surface area contributed by atoms with Gasteiger partial charge in [-0.15, -0.1) is 0 Å². The molecular weight excluding hydrogens is 214 g/mol. The number of rotatable bonds is 8. The Morgan fingerprint density at radius 2 is 1.62 bits per heavy atom. The third kappa shape index (κ3) is 4.74. The van der Waals surface area contributed by atoms with Crippen LogP contribution in [0.1, 0.15) is 52.9 Å². The number of halogens is 2. The molecule has 0 fully saturated rings. The zero-order chi connectivity index (χ0) is 12.8. The summed E-state index contributed by atoms with van der Waals surface area (Å²) in [6.45, 7) is 5.07. The maximum atomic E-state index is 13.5. The van der Waals surface area contributed by atoms with Gasteiger partial charge in [-0.1, -0.05) is 46.5 Å². The van der Waals surface area contributed by atoms with Crippen molar-refractivity contribution >= 4 is 0 Å². The second-order valence-corrected chi connectivity index (χ2v) is 4.73. The summed E-state index contributed by atoms with van der Waals surface area (Å²) in [5.41, 5.74) is 0. The third-order valence-corrected chi connectivity index (χ3v) is 2.80. The second kappa shape index (κ2) is 7.17. The van der Waals surface area contributed by atoms with Crippen LogP contribution >= 0.6 is 0 Å². The number of hydrogen-bond acceptors (Lipinski definition) is 2. The highest BCUT2D eigenvalue weighted by atomic mass is 19.3. The van der Waals surface area contributed by atoms with Crippen LogP contribution in [0, 0.1) is 5.92 Å². The average Bonchev–Trinajstić information content (AvgIpc) is 2.22. The minimum Gasteiger partial charge on any atom is -0.387 e. The molecule has 0 aromatic rings. The lowest BCUT2D eigenvalue weighted by molar-refractivity contribution is -0.190. The molecule has 0 bridgehead atoms. The van der Waals surface area contributed by atoms with Crippen LogP contribution in [-0.4, -0.2) is 28.3 Å². The summed E-state index contributed by atoms with van der Waals surface area (Å²) in [7, 11) is 0. The lowest BCUT2D eigenvalue weighted by Gasteiger charge is -2.29. The van der Waals surface area contributed by atoms with Gasteiger partial charge in [0.2, 0.25) is 0 Å². The van der Waals surface area contributed by atoms with Gasteiger partial charge in [-0.2, -0.15) is 0 Å². The fourth-order valence-electron chi connectivity index (χ4n) is 1.60. The Morgan fingerprint density at radius 3 is 2.06 bits per heavy atom. The van der Waals surface area contributed by atoms with Gasteiger partial charge in [0.25, 0.3) is 5.92 Å². The summed E-state index contributed by atoms with van der Waals surface area (Å²) in [6.07, 6.45) is -0.00449. The standard InChI is InChI=1S/C12H24F2O2/c1-4-5-6-7-8-10(15)12(13,14)11(16)9(2)3/h9-11,15-16H,4-8H2,1-3H3/t10-,11+/m0/s1. The molecule has 0 spiro atoms. The van der Waals surface area contributed by atoms with Crippen LogP contribution in [0.15, 0.2) is 0 Å². The molecule has 0 saturated heterocycles. The summed E-state index contributed by atoms with van der Waals surface area (Å²) < 4.78 is 26.9. The smallest absolute Gasteiger partial charge is 0.298 e. The molecule has 0 aromatic carbocycles. The molecule has 0 aliphatic heterocycles. The van der Waals surface area contributed by atoms with Gasteiger partial charge in [0, 0.05) is 0 Å². The van der Waals surface area contributed by atoms with Crippen molar-refractivity contribution in [2.45, 2.75) is 71.0 Å². The molecule has 0 unspecified atom stereocenters. The van der Waals surface area contributed by atoms with E-state index in [9.17, 15) is 19.0 Å². The van der Waals surface area contributed by atoms with Crippen molar-refractivity contribution in [3.05, 3.63) is 0 Å². The van der Waals surface area contributed by atoms with Gasteiger partial charge < -0.3 is 10.2 Å². The lowest BCUT2D eigenvalue weighted by atomic mass is 9.94. The van der Waals surface area contributed by atoms with Crippen molar-refractivity contribution in [1.29, 1.82) is 0 Å². The van der Waals surface area contributed by atoms with Crippen molar-refractivity contribution < 1.29 is 19.0 Å². The Balaban J connectivity index is 4.08. The molecule has 0 aliphatic carbocycles. The normalized spacial score (nSPS) is 16.5. The highest BCUT2D eigenvalue weighted by Crippen LogP contribution is 2.30. The fraction of sp³-hybridized carbons (Fsp3) is 1.00. The van der Waals surface area contributed by atoms with Crippen LogP contribution in [0.2, 0.25) is 0 Å². The molecule has 0 aromatic heterocycles. The molecule has 16 heavy (non-hydrogen) atoms. The largest absolute Gasteiger partial charge is 0.387 e. The Morgan fingerprint density at radius 1 is 1.06 bits per heavy atom. The van der Waals surface area contributed by atoms with E-state index in [0.29, 0.717) is 6.42 Å². The number of hydrogen-bond donors (Lipinski definition) is 2. The van der Waals surface area contributed by atoms with Crippen molar-refractivity contribution in [3.8, 4) is 0 Å². The highest BCUT2D eigenvalue weighted by molar-refractivity contribution is 4.85. The number of unbranched alkanes of at least 4 members (excludes halogenated alkanes) is 3. The number of aliphatic hydroxyl groups excluding tert-OH is 2. The molecule has 2 N–H and O–H groups in total. The molecule has 0 rings (SSSR count). The Labute approximate surface area is 96.7 Å². The van der Waals surface area contributed by atoms with Crippen LogP contribution in [0.3, 0.4) is 0 Å². The molecule has 0 amide bonds. The van der Waals surface area contributed by atoms with Crippen LogP contribution in [-0.2, 0) is 0 Å². The molecule has 98 valence electrons. The van der Waals surface area contributed by atoms with E-state index >= 15 is 0 Å². The van der Waals surface area contributed by atoms with Gasteiger partial charge in [0.1, 0.15) is 12.2 Å². The van der Waals surface area contributed by atoms with E-state index in [1.165, 1.54) is 13.8 Å². The van der Waals surface area contributed by atoms with E-state index in [1.54, 1.807) is 0 Å². The predicted octanol–water partition coefficient (Wildman–Crippen LogP) is 2.97. The van der Waals surface area contributed by atoms with Gasteiger partial charge in [-0.05, 0) is 12.3 Å². The van der Waals surface area contributed by atoms with Gasteiger partial charge in [-0.25, -0.2) is 8.78 Å². The molecule has 0 aliphatic rings. The van der Waals surface area contributed by atoms with Crippen LogP contribution < -0.4 is 0 Å². The van der Waals surface area contributed by atoms with Crippen molar-refractivity contribution in [2.24, 2.45) is 5.92 Å². The molecule has 4 heteroatoms. The average molecular weight is 238 g/mol. The minimum absolute atomic E-state index is 0.0524. The SMILES string of the molecule is CCCCCC[C@H](O)C(F)(F)[C@H](O)C(C)C. The summed E-state index contributed by atoms with van der Waals surface area (Å²) >= 11 is 0. The van der Waals surface area contributed by atoms with E-state index in [4.69, 9.17) is 0 Å². The maximum Gasteiger partial charge on any atom is 0.298 e. The quantitative estimate of drug-likeness (QED) is 0.638. The first-order chi connectivity index (χ1) is 7.34. The second-order valence-electron chi connectivity index (χ2n) is 4.73. The monoisotopic (exact) mass is 238 g/mol. The Hall–Kier alpha value is -0.220. The lowest BCUT2D eigenvalue weighted by Crippen LogP contribution is -2.47. The van der Waals surface area contributed by atoms with Crippen LogP contribution in [0.5, 0.6) is 0 Å². The van der Waals surface area contributed by atoms with E-state index in [0.717, 1.165) is 19.3 Å². The van der Waals surface area contributed by atoms with Crippen molar-refractivity contribution in [2.75, 3.05) is 0 Å². The first-order valence-corrected chi connectivity index (χ1v) is 6.08. The Kier molecular flexibility index (Phi) is 7.07. The van der Waals surface area contributed by atoms with E-state index in [2.05, 4.69) is 0 Å². The van der Waals surface area contributed by atoms with Crippen LogP contribution in [0.25, 0.3) is 0 Å². The van der Waals surface area contributed by atoms with Gasteiger partial charge in [-0.3, -0.25) is 0 Å². The van der Waals surface area contributed by atoms with E-state index < -0.39 is 24.0 Å². The molecular formula is C12H24F2O2. The van der Waals surface area contributed by atoms with Crippen molar-refractivity contribution in [3.63, 3.8) is 0 Å². The zero-order valence-corrected chi connectivity index (χ0v) is 10.4. The maximum absolute atomic E-state index is 13.5. The number of aliphatic hydroxyl groups is 2. The van der Waals surface area contributed by atoms with Crippen molar-refractivity contribution in [1.82, 2.24) is 0 Å². The summed E-state index contributed by atoms with van der Waals surface area (Å²) in [5, 5.41) is 18.7. The zero-order valence-electron chi connectivity index (χ0n) is 10.4. The highest BCUT2D eigenvalue weighted by Gasteiger charge is 2.46. The fourth-order valence-corrected chi connectivity index (χ4v) is 1.60. The molecule has 2 nitrogen and oxygen atoms in total. The topological polar surface area (TPSA) is 40.5 Å².